The van der Waals surface area contributed by atoms with Crippen molar-refractivity contribution in [2.24, 2.45) is 0 Å². The lowest BCUT2D eigenvalue weighted by Gasteiger charge is -2.16. The Morgan fingerprint density at radius 3 is 1.68 bits per heavy atom. The maximum atomic E-state index is 13.6. The summed E-state index contributed by atoms with van der Waals surface area (Å²) in [5.41, 5.74) is 4.46. The van der Waals surface area contributed by atoms with E-state index in [9.17, 15) is 9.59 Å². The first-order valence-corrected chi connectivity index (χ1v) is 11.3. The van der Waals surface area contributed by atoms with E-state index in [-0.39, 0.29) is 15.9 Å². The molecule has 0 aliphatic carbocycles. The van der Waals surface area contributed by atoms with Gasteiger partial charge < -0.3 is 4.42 Å². The van der Waals surface area contributed by atoms with Crippen LogP contribution in [0.3, 0.4) is 0 Å². The molecule has 5 rings (SSSR count). The van der Waals surface area contributed by atoms with Gasteiger partial charge in [0.15, 0.2) is 4.77 Å². The quantitative estimate of drug-likeness (QED) is 0.304. The van der Waals surface area contributed by atoms with Gasteiger partial charge in [0.25, 0.3) is 5.56 Å². The zero-order valence-electron chi connectivity index (χ0n) is 19.0. The highest BCUT2D eigenvalue weighted by molar-refractivity contribution is 7.71. The second-order valence-corrected chi connectivity index (χ2v) is 8.82. The molecule has 0 saturated heterocycles. The van der Waals surface area contributed by atoms with E-state index in [1.807, 2.05) is 93.6 Å². The van der Waals surface area contributed by atoms with Crippen molar-refractivity contribution in [1.82, 2.24) is 9.13 Å². The molecular weight excluding hydrogens is 444 g/mol. The number of rotatable bonds is 3. The molecule has 168 valence electrons. The Labute approximate surface area is 201 Å². The maximum absolute atomic E-state index is 13.6. The van der Waals surface area contributed by atoms with Gasteiger partial charge in [-0.25, -0.2) is 0 Å². The fourth-order valence-corrected chi connectivity index (χ4v) is 4.30. The van der Waals surface area contributed by atoms with Crippen molar-refractivity contribution in [2.45, 2.75) is 20.8 Å². The zero-order chi connectivity index (χ0) is 24.0. The smallest absolute Gasteiger partial charge is 0.274 e. The summed E-state index contributed by atoms with van der Waals surface area (Å²) in [6, 6.07) is 24.2. The van der Waals surface area contributed by atoms with Crippen molar-refractivity contribution in [2.75, 3.05) is 0 Å². The minimum atomic E-state index is -0.503. The van der Waals surface area contributed by atoms with Gasteiger partial charge in [-0.15, -0.1) is 0 Å². The fraction of sp³-hybridized carbons (Fsp3) is 0.107. The lowest BCUT2D eigenvalue weighted by atomic mass is 10.1. The van der Waals surface area contributed by atoms with Crippen molar-refractivity contribution in [1.29, 1.82) is 0 Å². The van der Waals surface area contributed by atoms with Crippen LogP contribution < -0.4 is 11.0 Å². The molecule has 0 radical (unpaired) electrons. The van der Waals surface area contributed by atoms with Crippen LogP contribution in [0.2, 0.25) is 0 Å². The van der Waals surface area contributed by atoms with E-state index in [0.717, 1.165) is 22.3 Å². The van der Waals surface area contributed by atoms with Gasteiger partial charge >= 0.3 is 0 Å². The number of nitrogens with zero attached hydrogens (tertiary/aromatic N) is 2. The molecule has 0 aliphatic heterocycles. The van der Waals surface area contributed by atoms with Crippen molar-refractivity contribution < 1.29 is 4.42 Å². The summed E-state index contributed by atoms with van der Waals surface area (Å²) in [6.07, 6.45) is 0. The minimum absolute atomic E-state index is 0.0504. The third kappa shape index (κ3) is 3.72. The number of benzene rings is 3. The van der Waals surface area contributed by atoms with Crippen LogP contribution >= 0.6 is 12.2 Å². The molecule has 2 heterocycles. The topological polar surface area (TPSA) is 57.1 Å². The average molecular weight is 467 g/mol. The molecule has 0 aliphatic rings. The van der Waals surface area contributed by atoms with E-state index >= 15 is 0 Å². The summed E-state index contributed by atoms with van der Waals surface area (Å²) in [5, 5.41) is -0.0504. The third-order valence-electron chi connectivity index (χ3n) is 5.85. The molecule has 0 unspecified atom stereocenters. The van der Waals surface area contributed by atoms with Crippen LogP contribution in [-0.2, 0) is 0 Å². The highest BCUT2D eigenvalue weighted by Crippen LogP contribution is 2.25. The van der Waals surface area contributed by atoms with Crippen LogP contribution in [0.25, 0.3) is 33.8 Å². The number of hydrogen-bond donors (Lipinski definition) is 0. The highest BCUT2D eigenvalue weighted by atomic mass is 32.1. The molecule has 0 fully saturated rings. The van der Waals surface area contributed by atoms with Crippen LogP contribution in [0.4, 0.5) is 0 Å². The van der Waals surface area contributed by atoms with E-state index in [4.69, 9.17) is 16.6 Å². The third-order valence-corrected chi connectivity index (χ3v) is 6.22. The number of aromatic nitrogens is 2. The summed E-state index contributed by atoms with van der Waals surface area (Å²) in [5.74, 6) is 0.375. The van der Waals surface area contributed by atoms with Crippen LogP contribution in [0.5, 0.6) is 0 Å². The van der Waals surface area contributed by atoms with Crippen molar-refractivity contribution >= 4 is 23.3 Å². The zero-order valence-corrected chi connectivity index (χ0v) is 19.8. The van der Waals surface area contributed by atoms with E-state index in [0.29, 0.717) is 17.1 Å². The molecule has 34 heavy (non-hydrogen) atoms. The Morgan fingerprint density at radius 2 is 1.15 bits per heavy atom. The van der Waals surface area contributed by atoms with Gasteiger partial charge in [-0.2, -0.15) is 0 Å². The van der Waals surface area contributed by atoms with Crippen LogP contribution in [0.1, 0.15) is 16.7 Å². The predicted octanol–water partition coefficient (Wildman–Crippen LogP) is 6.06. The van der Waals surface area contributed by atoms with Gasteiger partial charge in [0, 0.05) is 11.6 Å². The number of fused-ring (bicyclic) bond motifs is 1. The van der Waals surface area contributed by atoms with E-state index in [2.05, 4.69) is 0 Å². The highest BCUT2D eigenvalue weighted by Gasteiger charge is 2.20. The lowest BCUT2D eigenvalue weighted by Crippen LogP contribution is -2.28. The monoisotopic (exact) mass is 466 g/mol. The standard InChI is InChI=1S/C28H22N2O3S/c1-17-4-10-20(11-5-17)24-16-23(31)25-26(32)29(21-12-6-18(2)7-13-21)28(34)30(27(25)33-24)22-14-8-19(3)9-15-22/h4-16H,1-3H3. The van der Waals surface area contributed by atoms with Crippen LogP contribution in [-0.4, -0.2) is 9.13 Å². The summed E-state index contributed by atoms with van der Waals surface area (Å²) in [4.78, 5) is 26.9. The normalized spacial score (nSPS) is 11.1. The fourth-order valence-electron chi connectivity index (χ4n) is 3.92. The maximum Gasteiger partial charge on any atom is 0.274 e. The Bertz CT molecular complexity index is 1710. The molecule has 0 spiro atoms. The predicted molar refractivity (Wildman–Crippen MR) is 138 cm³/mol. The lowest BCUT2D eigenvalue weighted by molar-refractivity contribution is 0.586. The molecule has 2 aromatic heterocycles. The molecule has 0 atom stereocenters. The largest absolute Gasteiger partial charge is 0.439 e. The second kappa shape index (κ2) is 8.39. The Morgan fingerprint density at radius 1 is 0.676 bits per heavy atom. The van der Waals surface area contributed by atoms with E-state index < -0.39 is 11.0 Å². The first-order chi connectivity index (χ1) is 16.3. The Balaban J connectivity index is 1.92. The van der Waals surface area contributed by atoms with E-state index in [1.165, 1.54) is 10.6 Å². The summed E-state index contributed by atoms with van der Waals surface area (Å²) in [7, 11) is 0. The number of hydrogen-bond acceptors (Lipinski definition) is 4. The van der Waals surface area contributed by atoms with Crippen molar-refractivity contribution in [3.63, 3.8) is 0 Å². The Hall–Kier alpha value is -4.03. The van der Waals surface area contributed by atoms with Crippen LogP contribution in [0.15, 0.2) is 92.9 Å². The SMILES string of the molecule is Cc1ccc(-c2cc(=O)c3c(=O)n(-c4ccc(C)cc4)c(=S)n(-c4ccc(C)cc4)c3o2)cc1. The molecule has 0 bridgehead atoms. The molecule has 0 amide bonds. The molecule has 0 saturated carbocycles. The summed E-state index contributed by atoms with van der Waals surface area (Å²) in [6.45, 7) is 5.95. The summed E-state index contributed by atoms with van der Waals surface area (Å²) >= 11 is 5.82. The number of aryl methyl sites for hydroxylation is 3. The van der Waals surface area contributed by atoms with Gasteiger partial charge in [-0.3, -0.25) is 18.7 Å². The van der Waals surface area contributed by atoms with Gasteiger partial charge in [-0.1, -0.05) is 65.2 Å². The average Bonchev–Trinajstić information content (AvgIpc) is 2.81. The minimum Gasteiger partial charge on any atom is -0.439 e. The molecular formula is C28H22N2O3S. The molecule has 5 nitrogen and oxygen atoms in total. The molecule has 5 aromatic rings. The van der Waals surface area contributed by atoms with E-state index in [1.54, 1.807) is 4.57 Å². The molecule has 6 heteroatoms. The van der Waals surface area contributed by atoms with Gasteiger partial charge in [-0.05, 0) is 57.3 Å². The van der Waals surface area contributed by atoms with Crippen molar-refractivity contribution in [3.8, 4) is 22.7 Å². The van der Waals surface area contributed by atoms with Gasteiger partial charge in [0.1, 0.15) is 11.1 Å². The van der Waals surface area contributed by atoms with Gasteiger partial charge in [0.2, 0.25) is 11.1 Å². The van der Waals surface area contributed by atoms with Crippen LogP contribution in [0, 0.1) is 25.5 Å². The first kappa shape index (κ1) is 21.8. The first-order valence-electron chi connectivity index (χ1n) is 10.9. The second-order valence-electron chi connectivity index (χ2n) is 8.45. The summed E-state index contributed by atoms with van der Waals surface area (Å²) < 4.78 is 9.50. The molecule has 3 aromatic carbocycles. The Kier molecular flexibility index (Phi) is 5.38. The van der Waals surface area contributed by atoms with Crippen molar-refractivity contribution in [3.05, 3.63) is 121 Å². The van der Waals surface area contributed by atoms with Gasteiger partial charge in [0.05, 0.1) is 11.4 Å². The molecule has 0 N–H and O–H groups in total.